The molecule has 2 rings (SSSR count). The van der Waals surface area contributed by atoms with Gasteiger partial charge >= 0.3 is 0 Å². The molecule has 98 valence electrons. The highest BCUT2D eigenvalue weighted by Gasteiger charge is 2.05. The lowest BCUT2D eigenvalue weighted by Crippen LogP contribution is -1.98. The van der Waals surface area contributed by atoms with Crippen LogP contribution in [0.3, 0.4) is 0 Å². The molecule has 19 heavy (non-hydrogen) atoms. The molecule has 0 saturated carbocycles. The normalized spacial score (nSPS) is 11.7. The minimum absolute atomic E-state index is 0.830. The molecule has 0 spiro atoms. The summed E-state index contributed by atoms with van der Waals surface area (Å²) in [6.45, 7) is 8.30. The van der Waals surface area contributed by atoms with E-state index in [9.17, 15) is 0 Å². The fourth-order valence-corrected chi connectivity index (χ4v) is 2.53. The molecule has 0 saturated heterocycles. The number of hydrogen-bond acceptors (Lipinski definition) is 2. The summed E-state index contributed by atoms with van der Waals surface area (Å²) in [7, 11) is 0. The number of hydrogen-bond donors (Lipinski definition) is 0. The largest absolute Gasteiger partial charge is 0.251 e. The van der Waals surface area contributed by atoms with Crippen LogP contribution in [-0.2, 0) is 0 Å². The van der Waals surface area contributed by atoms with Gasteiger partial charge in [-0.25, -0.2) is 4.98 Å². The van der Waals surface area contributed by atoms with Crippen LogP contribution in [0.2, 0.25) is 0 Å². The van der Waals surface area contributed by atoms with Gasteiger partial charge in [0.15, 0.2) is 0 Å². The third-order valence-corrected chi connectivity index (χ3v) is 3.44. The van der Waals surface area contributed by atoms with Crippen molar-refractivity contribution < 1.29 is 0 Å². The van der Waals surface area contributed by atoms with E-state index in [-0.39, 0.29) is 0 Å². The Balaban J connectivity index is 2.47. The number of rotatable bonds is 2. The Morgan fingerprint density at radius 3 is 2.32 bits per heavy atom. The zero-order valence-corrected chi connectivity index (χ0v) is 13.2. The van der Waals surface area contributed by atoms with E-state index in [4.69, 9.17) is 4.99 Å². The second-order valence-corrected chi connectivity index (χ2v) is 5.60. The number of aryl methyl sites for hydroxylation is 3. The summed E-state index contributed by atoms with van der Waals surface area (Å²) in [6.07, 6.45) is 0. The summed E-state index contributed by atoms with van der Waals surface area (Å²) in [5.74, 6) is 0. The van der Waals surface area contributed by atoms with Crippen molar-refractivity contribution in [2.45, 2.75) is 27.7 Å². The SMILES string of the molecule is C/C(=N/c1c(C)cc(C)cc1C)c1cccc(Br)n1. The van der Waals surface area contributed by atoms with Crippen LogP contribution in [0.25, 0.3) is 0 Å². The molecule has 3 heteroatoms. The number of aliphatic imine (C=N–C) groups is 1. The van der Waals surface area contributed by atoms with Gasteiger partial charge in [-0.3, -0.25) is 4.99 Å². The minimum atomic E-state index is 0.830. The van der Waals surface area contributed by atoms with E-state index < -0.39 is 0 Å². The first kappa shape index (κ1) is 13.9. The average Bonchev–Trinajstić information content (AvgIpc) is 2.33. The predicted molar refractivity (Wildman–Crippen MR) is 84.5 cm³/mol. The first-order chi connectivity index (χ1) is 8.97. The number of aromatic nitrogens is 1. The fourth-order valence-electron chi connectivity index (χ4n) is 2.18. The van der Waals surface area contributed by atoms with Gasteiger partial charge in [-0.2, -0.15) is 0 Å². The van der Waals surface area contributed by atoms with E-state index in [1.165, 1.54) is 16.7 Å². The molecule has 2 aromatic rings. The molecule has 0 radical (unpaired) electrons. The van der Waals surface area contributed by atoms with Crippen molar-refractivity contribution in [3.63, 3.8) is 0 Å². The van der Waals surface area contributed by atoms with Crippen LogP contribution in [-0.4, -0.2) is 10.7 Å². The van der Waals surface area contributed by atoms with Gasteiger partial charge in [0.05, 0.1) is 17.1 Å². The first-order valence-corrected chi connectivity index (χ1v) is 7.03. The number of nitrogens with zero attached hydrogens (tertiary/aromatic N) is 2. The third kappa shape index (κ3) is 3.29. The van der Waals surface area contributed by atoms with Gasteiger partial charge < -0.3 is 0 Å². The van der Waals surface area contributed by atoms with Crippen LogP contribution in [0.5, 0.6) is 0 Å². The van der Waals surface area contributed by atoms with Crippen molar-refractivity contribution in [2.75, 3.05) is 0 Å². The van der Waals surface area contributed by atoms with E-state index in [0.29, 0.717) is 0 Å². The Kier molecular flexibility index (Phi) is 4.15. The summed E-state index contributed by atoms with van der Waals surface area (Å²) < 4.78 is 0.830. The molecule has 0 atom stereocenters. The van der Waals surface area contributed by atoms with Gasteiger partial charge in [0.1, 0.15) is 4.60 Å². The molecule has 1 heterocycles. The Labute approximate surface area is 122 Å². The molecule has 2 nitrogen and oxygen atoms in total. The second kappa shape index (κ2) is 5.66. The molecule has 0 bridgehead atoms. The quantitative estimate of drug-likeness (QED) is 0.571. The van der Waals surface area contributed by atoms with Gasteiger partial charge in [-0.1, -0.05) is 23.8 Å². The number of pyridine rings is 1. The maximum absolute atomic E-state index is 4.74. The fraction of sp³-hybridized carbons (Fsp3) is 0.250. The lowest BCUT2D eigenvalue weighted by Gasteiger charge is -2.08. The number of benzene rings is 1. The second-order valence-electron chi connectivity index (χ2n) is 4.79. The average molecular weight is 317 g/mol. The molecule has 1 aromatic heterocycles. The molecular weight excluding hydrogens is 300 g/mol. The van der Waals surface area contributed by atoms with Gasteiger partial charge in [0, 0.05) is 0 Å². The van der Waals surface area contributed by atoms with Crippen LogP contribution in [0.1, 0.15) is 29.3 Å². The van der Waals surface area contributed by atoms with Crippen molar-refractivity contribution >= 4 is 27.3 Å². The molecule has 0 aliphatic heterocycles. The van der Waals surface area contributed by atoms with Gasteiger partial charge in [-0.15, -0.1) is 0 Å². The molecule has 0 fully saturated rings. The van der Waals surface area contributed by atoms with E-state index >= 15 is 0 Å². The Hall–Kier alpha value is -1.48. The lowest BCUT2D eigenvalue weighted by atomic mass is 10.1. The highest BCUT2D eigenvalue weighted by molar-refractivity contribution is 9.10. The van der Waals surface area contributed by atoms with Crippen molar-refractivity contribution in [3.8, 4) is 0 Å². The Morgan fingerprint density at radius 1 is 1.11 bits per heavy atom. The van der Waals surface area contributed by atoms with E-state index in [1.54, 1.807) is 0 Å². The van der Waals surface area contributed by atoms with Crippen LogP contribution < -0.4 is 0 Å². The van der Waals surface area contributed by atoms with Crippen molar-refractivity contribution in [3.05, 3.63) is 57.3 Å². The molecule has 0 N–H and O–H groups in total. The molecule has 0 amide bonds. The monoisotopic (exact) mass is 316 g/mol. The van der Waals surface area contributed by atoms with E-state index in [1.807, 2.05) is 25.1 Å². The summed E-state index contributed by atoms with van der Waals surface area (Å²) in [5.41, 5.74) is 6.54. The summed E-state index contributed by atoms with van der Waals surface area (Å²) in [6, 6.07) is 10.2. The highest BCUT2D eigenvalue weighted by Crippen LogP contribution is 2.25. The van der Waals surface area contributed by atoms with E-state index in [0.717, 1.165) is 21.7 Å². The summed E-state index contributed by atoms with van der Waals surface area (Å²) in [5, 5.41) is 0. The standard InChI is InChI=1S/C16H17BrN2/c1-10-8-11(2)16(12(3)9-10)18-13(4)14-6-5-7-15(17)19-14/h5-9H,1-4H3/b18-13-. The maximum atomic E-state index is 4.74. The number of halogens is 1. The van der Waals surface area contributed by atoms with Gasteiger partial charge in [0.25, 0.3) is 0 Å². The van der Waals surface area contributed by atoms with Crippen LogP contribution >= 0.6 is 15.9 Å². The zero-order chi connectivity index (χ0) is 14.0. The first-order valence-electron chi connectivity index (χ1n) is 6.23. The van der Waals surface area contributed by atoms with Crippen LogP contribution in [0.4, 0.5) is 5.69 Å². The molecule has 0 aliphatic carbocycles. The van der Waals surface area contributed by atoms with Crippen LogP contribution in [0.15, 0.2) is 39.9 Å². The Bertz CT molecular complexity index is 622. The van der Waals surface area contributed by atoms with Gasteiger partial charge in [-0.05, 0) is 66.9 Å². The molecule has 1 aromatic carbocycles. The predicted octanol–water partition coefficient (Wildman–Crippen LogP) is 4.91. The minimum Gasteiger partial charge on any atom is -0.251 e. The van der Waals surface area contributed by atoms with Crippen LogP contribution in [0, 0.1) is 20.8 Å². The van der Waals surface area contributed by atoms with Crippen molar-refractivity contribution in [1.82, 2.24) is 4.98 Å². The summed E-state index contributed by atoms with van der Waals surface area (Å²) in [4.78, 5) is 9.18. The Morgan fingerprint density at radius 2 is 1.74 bits per heavy atom. The molecule has 0 unspecified atom stereocenters. The zero-order valence-electron chi connectivity index (χ0n) is 11.7. The smallest absolute Gasteiger partial charge is 0.106 e. The van der Waals surface area contributed by atoms with Crippen molar-refractivity contribution in [1.29, 1.82) is 0 Å². The summed E-state index contributed by atoms with van der Waals surface area (Å²) >= 11 is 3.39. The molecule has 0 aliphatic rings. The van der Waals surface area contributed by atoms with Crippen molar-refractivity contribution in [2.24, 2.45) is 4.99 Å². The lowest BCUT2D eigenvalue weighted by molar-refractivity contribution is 1.22. The maximum Gasteiger partial charge on any atom is 0.106 e. The van der Waals surface area contributed by atoms with E-state index in [2.05, 4.69) is 53.8 Å². The third-order valence-electron chi connectivity index (χ3n) is 3.00. The topological polar surface area (TPSA) is 25.2 Å². The highest BCUT2D eigenvalue weighted by atomic mass is 79.9. The molecular formula is C16H17BrN2. The van der Waals surface area contributed by atoms with Gasteiger partial charge in [0.2, 0.25) is 0 Å².